The fraction of sp³-hybridized carbons (Fsp3) is 0.500. The van der Waals surface area contributed by atoms with Gasteiger partial charge >= 0.3 is 0 Å². The van der Waals surface area contributed by atoms with Crippen LogP contribution in [0.4, 0.5) is 9.39 Å². The van der Waals surface area contributed by atoms with Crippen LogP contribution in [0.25, 0.3) is 0 Å². The number of hydrogen-bond acceptors (Lipinski definition) is 7. The summed E-state index contributed by atoms with van der Waals surface area (Å²) in [5.41, 5.74) is 8.22. The van der Waals surface area contributed by atoms with E-state index in [0.29, 0.717) is 19.0 Å². The van der Waals surface area contributed by atoms with Gasteiger partial charge in [0.15, 0.2) is 5.94 Å². The molecule has 1 aromatic carbocycles. The third-order valence-electron chi connectivity index (χ3n) is 8.01. The Bertz CT molecular complexity index is 1300. The highest BCUT2D eigenvalue weighted by Crippen LogP contribution is 2.56. The third-order valence-corrected chi connectivity index (χ3v) is 13.4. The number of imidazole rings is 1. The lowest BCUT2D eigenvalue weighted by molar-refractivity contribution is 0.176. The minimum atomic E-state index is -3.39. The number of piperazine rings is 1. The Kier molecular flexibility index (Phi) is 6.49. The molecule has 0 aliphatic carbocycles. The van der Waals surface area contributed by atoms with Gasteiger partial charge in [-0.2, -0.15) is 4.21 Å². The maximum atomic E-state index is 14.4. The first kappa shape index (κ1) is 25.1. The summed E-state index contributed by atoms with van der Waals surface area (Å²) < 4.78 is 38.7. The van der Waals surface area contributed by atoms with Gasteiger partial charge in [-0.1, -0.05) is 21.7 Å². The maximum Gasteiger partial charge on any atom is 0.177 e. The zero-order valence-corrected chi connectivity index (χ0v) is 22.8. The lowest BCUT2D eigenvalue weighted by atomic mass is 10.1. The molecule has 200 valence electrons. The number of thiophene rings is 1. The molecule has 37 heavy (non-hydrogen) atoms. The normalized spacial score (nSPS) is 24.4. The largest absolute Gasteiger partial charge is 0.363 e. The van der Waals surface area contributed by atoms with Gasteiger partial charge in [-0.3, -0.25) is 4.90 Å². The van der Waals surface area contributed by atoms with E-state index in [1.807, 2.05) is 30.7 Å². The number of nitrogens with two attached hydrogens (primary N) is 1. The minimum Gasteiger partial charge on any atom is -0.363 e. The maximum absolute atomic E-state index is 14.4. The van der Waals surface area contributed by atoms with Crippen LogP contribution in [0.5, 0.6) is 0 Å². The first-order chi connectivity index (χ1) is 17.8. The molecule has 8 nitrogen and oxygen atoms in total. The summed E-state index contributed by atoms with van der Waals surface area (Å²) in [6.45, 7) is 7.74. The van der Waals surface area contributed by atoms with Gasteiger partial charge in [0.1, 0.15) is 10.0 Å². The number of benzene rings is 1. The first-order valence-corrected chi connectivity index (χ1v) is 15.8. The Hall–Kier alpha value is -2.15. The number of halogens is 1. The minimum absolute atomic E-state index is 0.0573. The highest BCUT2D eigenvalue weighted by atomic mass is 32.3. The van der Waals surface area contributed by atoms with E-state index in [1.54, 1.807) is 11.3 Å². The molecule has 3 aromatic rings. The quantitative estimate of drug-likeness (QED) is 0.457. The SMILES string of the molecule is C[C@H](c1ccc(F)cc1)n1cncc1CN1CCN(S2(=O)(c3ccc(N4CCC(N)CC4)s3)CO2)CC1. The van der Waals surface area contributed by atoms with Gasteiger partial charge in [0.25, 0.3) is 0 Å². The van der Waals surface area contributed by atoms with Crippen molar-refractivity contribution in [2.75, 3.05) is 50.1 Å². The zero-order valence-electron chi connectivity index (χ0n) is 21.2. The average molecular weight is 547 g/mol. The van der Waals surface area contributed by atoms with Crippen molar-refractivity contribution in [3.05, 3.63) is 66.0 Å². The highest BCUT2D eigenvalue weighted by Gasteiger charge is 2.55. The van der Waals surface area contributed by atoms with Crippen LogP contribution in [0.3, 0.4) is 0 Å². The number of aromatic nitrogens is 2. The molecule has 0 amide bonds. The molecule has 11 heteroatoms. The van der Waals surface area contributed by atoms with Gasteiger partial charge in [-0.15, -0.1) is 11.3 Å². The molecule has 0 spiro atoms. The highest BCUT2D eigenvalue weighted by molar-refractivity contribution is 8.19. The van der Waals surface area contributed by atoms with Crippen molar-refractivity contribution in [3.8, 4) is 0 Å². The second-order valence-electron chi connectivity index (χ2n) is 10.4. The number of rotatable bonds is 7. The molecule has 2 N–H and O–H groups in total. The summed E-state index contributed by atoms with van der Waals surface area (Å²) in [5, 5.41) is 1.16. The molecule has 0 radical (unpaired) electrons. The van der Waals surface area contributed by atoms with Crippen molar-refractivity contribution in [2.24, 2.45) is 5.73 Å². The van der Waals surface area contributed by atoms with Gasteiger partial charge in [-0.25, -0.2) is 17.9 Å². The Morgan fingerprint density at radius 3 is 2.49 bits per heavy atom. The lowest BCUT2D eigenvalue weighted by Gasteiger charge is -2.43. The van der Waals surface area contributed by atoms with Crippen molar-refractivity contribution < 1.29 is 12.8 Å². The molecule has 3 fully saturated rings. The third kappa shape index (κ3) is 4.66. The van der Waals surface area contributed by atoms with Crippen LogP contribution in [0.1, 0.15) is 37.1 Å². The predicted molar refractivity (Wildman–Crippen MR) is 145 cm³/mol. The van der Waals surface area contributed by atoms with Crippen LogP contribution < -0.4 is 10.6 Å². The Balaban J connectivity index is 1.10. The second-order valence-corrected chi connectivity index (χ2v) is 15.1. The van der Waals surface area contributed by atoms with Crippen molar-refractivity contribution in [1.29, 1.82) is 0 Å². The summed E-state index contributed by atoms with van der Waals surface area (Å²) in [7, 11) is -3.39. The van der Waals surface area contributed by atoms with Crippen LogP contribution in [0.2, 0.25) is 0 Å². The summed E-state index contributed by atoms with van der Waals surface area (Å²) in [6, 6.07) is 11.1. The first-order valence-electron chi connectivity index (χ1n) is 13.0. The van der Waals surface area contributed by atoms with Crippen LogP contribution in [-0.4, -0.2) is 74.2 Å². The Labute approximate surface area is 221 Å². The van der Waals surface area contributed by atoms with Crippen molar-refractivity contribution >= 4 is 25.9 Å². The molecule has 3 aliphatic rings. The van der Waals surface area contributed by atoms with Gasteiger partial charge in [0.05, 0.1) is 23.1 Å². The second kappa shape index (κ2) is 9.55. The standard InChI is InChI=1S/C26H35FN6O2S2/c1-20(21-2-4-22(27)5-3-21)33-18-29-16-24(33)17-30-12-14-32(15-13-30)37(34,19-35-37)26-7-6-25(36-26)31-10-8-23(28)9-11-31/h2-7,16,18,20,23H,8-15,17,19,28H2,1H3/t20-/m1/s1. The van der Waals surface area contributed by atoms with E-state index >= 15 is 0 Å². The topological polar surface area (TPSA) is 83.2 Å². The van der Waals surface area contributed by atoms with E-state index in [2.05, 4.69) is 36.6 Å². The molecular weight excluding hydrogens is 511 g/mol. The monoisotopic (exact) mass is 546 g/mol. The molecular formula is C26H35FN6O2S2. The van der Waals surface area contributed by atoms with E-state index in [-0.39, 0.29) is 17.9 Å². The zero-order chi connectivity index (χ0) is 25.6. The van der Waals surface area contributed by atoms with E-state index in [0.717, 1.165) is 66.0 Å². The summed E-state index contributed by atoms with van der Waals surface area (Å²) in [4.78, 5) is 9.12. The van der Waals surface area contributed by atoms with E-state index in [1.165, 1.54) is 12.1 Å². The van der Waals surface area contributed by atoms with Crippen LogP contribution in [0.15, 0.2) is 53.1 Å². The van der Waals surface area contributed by atoms with Gasteiger partial charge in [0, 0.05) is 58.1 Å². The number of nitrogens with zero attached hydrogens (tertiary/aromatic N) is 5. The fourth-order valence-corrected chi connectivity index (χ4v) is 10.3. The fourth-order valence-electron chi connectivity index (χ4n) is 5.47. The van der Waals surface area contributed by atoms with Gasteiger partial charge < -0.3 is 15.2 Å². The van der Waals surface area contributed by atoms with Crippen LogP contribution >= 0.6 is 11.3 Å². The van der Waals surface area contributed by atoms with E-state index in [4.69, 9.17) is 9.92 Å². The average Bonchev–Trinajstić information content (AvgIpc) is 3.26. The van der Waals surface area contributed by atoms with Crippen LogP contribution in [-0.2, 0) is 20.3 Å². The van der Waals surface area contributed by atoms with Gasteiger partial charge in [0.2, 0.25) is 0 Å². The summed E-state index contributed by atoms with van der Waals surface area (Å²) >= 11 is 1.62. The predicted octanol–water partition coefficient (Wildman–Crippen LogP) is 3.44. The Morgan fingerprint density at radius 2 is 1.81 bits per heavy atom. The van der Waals surface area contributed by atoms with Crippen LogP contribution in [0, 0.1) is 5.82 Å². The van der Waals surface area contributed by atoms with Gasteiger partial charge in [-0.05, 0) is 49.6 Å². The van der Waals surface area contributed by atoms with E-state index < -0.39 is 9.53 Å². The van der Waals surface area contributed by atoms with Crippen molar-refractivity contribution in [1.82, 2.24) is 18.8 Å². The summed E-state index contributed by atoms with van der Waals surface area (Å²) in [6.07, 6.45) is 5.73. The number of anilines is 1. The molecule has 5 heterocycles. The molecule has 0 bridgehead atoms. The summed E-state index contributed by atoms with van der Waals surface area (Å²) in [5.74, 6) is 0.0651. The molecule has 2 aromatic heterocycles. The number of piperidine rings is 1. The molecule has 0 saturated carbocycles. The molecule has 3 aliphatic heterocycles. The molecule has 3 saturated heterocycles. The number of hydrogen-bond donors (Lipinski definition) is 1. The molecule has 1 atom stereocenters. The van der Waals surface area contributed by atoms with E-state index in [9.17, 15) is 8.60 Å². The lowest BCUT2D eigenvalue weighted by Crippen LogP contribution is -2.52. The van der Waals surface area contributed by atoms with Crippen molar-refractivity contribution in [2.45, 2.75) is 42.6 Å². The molecule has 6 rings (SSSR count). The molecule has 0 unspecified atom stereocenters. The van der Waals surface area contributed by atoms with Crippen molar-refractivity contribution in [3.63, 3.8) is 0 Å². The smallest absolute Gasteiger partial charge is 0.177 e. The Morgan fingerprint density at radius 1 is 1.11 bits per heavy atom.